The molecule has 8 heteroatoms. The summed E-state index contributed by atoms with van der Waals surface area (Å²) in [6.07, 6.45) is 0.226. The van der Waals surface area contributed by atoms with Crippen LogP contribution in [0.3, 0.4) is 0 Å². The molecule has 0 radical (unpaired) electrons. The van der Waals surface area contributed by atoms with Crippen molar-refractivity contribution >= 4 is 10.0 Å². The number of sulfonamides is 1. The highest BCUT2D eigenvalue weighted by atomic mass is 32.2. The average molecular weight is 365 g/mol. The third kappa shape index (κ3) is 3.85. The van der Waals surface area contributed by atoms with Crippen molar-refractivity contribution < 1.29 is 22.3 Å². The van der Waals surface area contributed by atoms with Gasteiger partial charge in [-0.2, -0.15) is 4.31 Å². The Labute approximate surface area is 145 Å². The standard InChI is InChI=1S/C17H19NO6S/c1-12-8-15(10-17(19)23-12)24-14-6-7-18(11-14)25(20,21)16-5-3-4-13(9-16)22-2/h3-5,8-10,14H,6-7,11H2,1-2H3. The first-order chi connectivity index (χ1) is 11.9. The van der Waals surface area contributed by atoms with E-state index in [4.69, 9.17) is 13.9 Å². The molecule has 2 heterocycles. The zero-order chi connectivity index (χ0) is 18.0. The molecule has 25 heavy (non-hydrogen) atoms. The Kier molecular flexibility index (Phi) is 4.82. The van der Waals surface area contributed by atoms with Gasteiger partial charge in [0.05, 0.1) is 24.6 Å². The van der Waals surface area contributed by atoms with Crippen molar-refractivity contribution in [3.63, 3.8) is 0 Å². The summed E-state index contributed by atoms with van der Waals surface area (Å²) in [7, 11) is -2.13. The van der Waals surface area contributed by atoms with Crippen molar-refractivity contribution in [1.29, 1.82) is 0 Å². The molecule has 1 aliphatic heterocycles. The van der Waals surface area contributed by atoms with E-state index in [-0.39, 0.29) is 17.5 Å². The fraction of sp³-hybridized carbons (Fsp3) is 0.353. The van der Waals surface area contributed by atoms with Gasteiger partial charge in [0.25, 0.3) is 0 Å². The van der Waals surface area contributed by atoms with Gasteiger partial charge >= 0.3 is 5.63 Å². The highest BCUT2D eigenvalue weighted by Crippen LogP contribution is 2.26. The maximum Gasteiger partial charge on any atom is 0.339 e. The summed E-state index contributed by atoms with van der Waals surface area (Å²) in [6.45, 7) is 2.23. The van der Waals surface area contributed by atoms with Crippen molar-refractivity contribution in [2.24, 2.45) is 0 Å². The molecule has 2 aromatic rings. The van der Waals surface area contributed by atoms with E-state index in [2.05, 4.69) is 0 Å². The van der Waals surface area contributed by atoms with Gasteiger partial charge in [0.1, 0.15) is 23.4 Å². The summed E-state index contributed by atoms with van der Waals surface area (Å²) in [6, 6.07) is 9.24. The third-order valence-corrected chi connectivity index (χ3v) is 5.82. The number of ether oxygens (including phenoxy) is 2. The number of hydrogen-bond acceptors (Lipinski definition) is 6. The number of aryl methyl sites for hydroxylation is 1. The predicted octanol–water partition coefficient (Wildman–Crippen LogP) is 1.80. The summed E-state index contributed by atoms with van der Waals surface area (Å²) >= 11 is 0. The van der Waals surface area contributed by atoms with Crippen molar-refractivity contribution in [3.05, 3.63) is 52.6 Å². The van der Waals surface area contributed by atoms with Crippen LogP contribution in [0.15, 0.2) is 50.5 Å². The molecule has 1 aliphatic rings. The lowest BCUT2D eigenvalue weighted by molar-refractivity contribution is 0.213. The summed E-state index contributed by atoms with van der Waals surface area (Å²) in [4.78, 5) is 11.6. The molecule has 0 saturated carbocycles. The van der Waals surface area contributed by atoms with Crippen molar-refractivity contribution in [2.75, 3.05) is 20.2 Å². The molecular weight excluding hydrogens is 346 g/mol. The van der Waals surface area contributed by atoms with E-state index in [0.717, 1.165) is 0 Å². The largest absolute Gasteiger partial charge is 0.497 e. The SMILES string of the molecule is COc1cccc(S(=O)(=O)N2CCC(Oc3cc(C)oc(=O)c3)C2)c1. The quantitative estimate of drug-likeness (QED) is 0.803. The minimum Gasteiger partial charge on any atom is -0.497 e. The molecule has 0 N–H and O–H groups in total. The zero-order valence-corrected chi connectivity index (χ0v) is 14.8. The van der Waals surface area contributed by atoms with Gasteiger partial charge in [-0.1, -0.05) is 6.07 Å². The van der Waals surface area contributed by atoms with Crippen LogP contribution in [-0.2, 0) is 10.0 Å². The second kappa shape index (κ2) is 6.89. The monoisotopic (exact) mass is 365 g/mol. The lowest BCUT2D eigenvalue weighted by Gasteiger charge is -2.17. The molecule has 0 spiro atoms. The van der Waals surface area contributed by atoms with E-state index in [1.807, 2.05) is 0 Å². The van der Waals surface area contributed by atoms with E-state index < -0.39 is 15.6 Å². The first-order valence-corrected chi connectivity index (χ1v) is 9.25. The average Bonchev–Trinajstić information content (AvgIpc) is 3.03. The number of hydrogen-bond donors (Lipinski definition) is 0. The smallest absolute Gasteiger partial charge is 0.339 e. The van der Waals surface area contributed by atoms with Crippen LogP contribution in [0, 0.1) is 6.92 Å². The van der Waals surface area contributed by atoms with E-state index >= 15 is 0 Å². The van der Waals surface area contributed by atoms with Crippen LogP contribution in [0.4, 0.5) is 0 Å². The number of benzene rings is 1. The van der Waals surface area contributed by atoms with Crippen LogP contribution in [0.25, 0.3) is 0 Å². The van der Waals surface area contributed by atoms with Crippen LogP contribution in [0.1, 0.15) is 12.2 Å². The zero-order valence-electron chi connectivity index (χ0n) is 14.0. The lowest BCUT2D eigenvalue weighted by atomic mass is 10.3. The van der Waals surface area contributed by atoms with Gasteiger partial charge in [0.15, 0.2) is 0 Å². The van der Waals surface area contributed by atoms with E-state index in [0.29, 0.717) is 30.2 Å². The summed E-state index contributed by atoms with van der Waals surface area (Å²) in [5, 5.41) is 0. The van der Waals surface area contributed by atoms with Gasteiger partial charge in [0, 0.05) is 18.7 Å². The maximum absolute atomic E-state index is 12.8. The number of nitrogens with zero attached hydrogens (tertiary/aromatic N) is 1. The molecule has 1 unspecified atom stereocenters. The first kappa shape index (κ1) is 17.5. The highest BCUT2D eigenvalue weighted by Gasteiger charge is 2.34. The third-order valence-electron chi connectivity index (χ3n) is 3.96. The van der Waals surface area contributed by atoms with Crippen LogP contribution < -0.4 is 15.1 Å². The molecule has 0 bridgehead atoms. The highest BCUT2D eigenvalue weighted by molar-refractivity contribution is 7.89. The summed E-state index contributed by atoms with van der Waals surface area (Å²) in [5.74, 6) is 1.32. The molecular formula is C17H19NO6S. The Hall–Kier alpha value is -2.32. The Morgan fingerprint density at radius 3 is 2.72 bits per heavy atom. The van der Waals surface area contributed by atoms with Gasteiger partial charge in [-0.15, -0.1) is 0 Å². The van der Waals surface area contributed by atoms with Gasteiger partial charge in [0.2, 0.25) is 10.0 Å². The second-order valence-corrected chi connectivity index (χ2v) is 7.73. The molecule has 7 nitrogen and oxygen atoms in total. The molecule has 1 fully saturated rings. The molecule has 1 aromatic carbocycles. The van der Waals surface area contributed by atoms with E-state index in [1.54, 1.807) is 25.1 Å². The number of rotatable bonds is 5. The molecule has 1 aromatic heterocycles. The summed E-state index contributed by atoms with van der Waals surface area (Å²) in [5.41, 5.74) is -0.492. The predicted molar refractivity (Wildman–Crippen MR) is 90.5 cm³/mol. The Morgan fingerprint density at radius 1 is 1.20 bits per heavy atom. The molecule has 0 amide bonds. The molecule has 0 aliphatic carbocycles. The minimum atomic E-state index is -3.62. The number of methoxy groups -OCH3 is 1. The van der Waals surface area contributed by atoms with E-state index in [9.17, 15) is 13.2 Å². The Bertz CT molecular complexity index is 921. The topological polar surface area (TPSA) is 86.1 Å². The lowest BCUT2D eigenvalue weighted by Crippen LogP contribution is -2.31. The van der Waals surface area contributed by atoms with Crippen molar-refractivity contribution in [2.45, 2.75) is 24.3 Å². The normalized spacial score (nSPS) is 18.2. The van der Waals surface area contributed by atoms with E-state index in [1.165, 1.54) is 29.6 Å². The maximum atomic E-state index is 12.8. The Balaban J connectivity index is 1.74. The fourth-order valence-electron chi connectivity index (χ4n) is 2.76. The molecule has 134 valence electrons. The molecule has 1 saturated heterocycles. The van der Waals surface area contributed by atoms with Crippen molar-refractivity contribution in [3.8, 4) is 11.5 Å². The first-order valence-electron chi connectivity index (χ1n) is 7.81. The van der Waals surface area contributed by atoms with Crippen molar-refractivity contribution in [1.82, 2.24) is 4.31 Å². The minimum absolute atomic E-state index is 0.184. The Morgan fingerprint density at radius 2 is 2.00 bits per heavy atom. The van der Waals surface area contributed by atoms with Gasteiger partial charge in [-0.25, -0.2) is 13.2 Å². The van der Waals surface area contributed by atoms with Crippen LogP contribution >= 0.6 is 0 Å². The van der Waals surface area contributed by atoms with Crippen LogP contribution in [0.2, 0.25) is 0 Å². The van der Waals surface area contributed by atoms with Crippen LogP contribution in [0.5, 0.6) is 11.5 Å². The fourth-order valence-corrected chi connectivity index (χ4v) is 4.28. The summed E-state index contributed by atoms with van der Waals surface area (Å²) < 4.78 is 42.6. The van der Waals surface area contributed by atoms with Gasteiger partial charge in [-0.3, -0.25) is 0 Å². The molecule has 3 rings (SSSR count). The van der Waals surface area contributed by atoms with Gasteiger partial charge < -0.3 is 13.9 Å². The molecule has 1 atom stereocenters. The van der Waals surface area contributed by atoms with Crippen LogP contribution in [-0.4, -0.2) is 39.0 Å². The van der Waals surface area contributed by atoms with Gasteiger partial charge in [-0.05, 0) is 25.5 Å². The second-order valence-electron chi connectivity index (χ2n) is 5.79.